The summed E-state index contributed by atoms with van der Waals surface area (Å²) in [4.78, 5) is 42.0. The first-order chi connectivity index (χ1) is 15.3. The van der Waals surface area contributed by atoms with E-state index in [1.165, 1.54) is 11.0 Å². The maximum Gasteiger partial charge on any atom is 2.00 e. The van der Waals surface area contributed by atoms with Gasteiger partial charge in [0.1, 0.15) is 22.8 Å². The normalized spacial score (nSPS) is 28.2. The van der Waals surface area contributed by atoms with Crippen LogP contribution in [0.2, 0.25) is 0 Å². The standard InChI is InChI=1S/C23H27N3O7.Ca.2H/c1-25(2)12-5-6-13(27)15-10(12)7-9-8-11-17(26(3)4)19(29)16(22(24)32)21(31)23(11,33)20(30)14(9)18(15)28;;;/h5-6,9,11,17,27-28,31,33H,7-8H2,1-4H3,(H2,24,32);;;/q;+2;2*-1/t9-,11+,17-,23-;;;/m0.../s1. The summed E-state index contributed by atoms with van der Waals surface area (Å²) in [7, 11) is 6.75. The molecule has 0 bridgehead atoms. The number of fused-ring (bicyclic) bond motifs is 3. The number of ketones is 2. The third-order valence-corrected chi connectivity index (χ3v) is 7.06. The average molecular weight is 500 g/mol. The number of benzene rings is 1. The van der Waals surface area contributed by atoms with Gasteiger partial charge in [-0.05, 0) is 50.6 Å². The number of hydrogen-bond donors (Lipinski definition) is 5. The summed E-state index contributed by atoms with van der Waals surface area (Å²) in [5, 5.41) is 43.9. The van der Waals surface area contributed by atoms with Gasteiger partial charge in [-0.3, -0.25) is 19.3 Å². The molecule has 0 aromatic heterocycles. The Morgan fingerprint density at radius 1 is 1.15 bits per heavy atom. The number of nitrogens with two attached hydrogens (primary N) is 1. The molecule has 10 nitrogen and oxygen atoms in total. The molecule has 0 aliphatic heterocycles. The first kappa shape index (κ1) is 26.5. The number of aliphatic hydroxyl groups is 3. The molecule has 3 aliphatic rings. The number of rotatable bonds is 3. The number of carbonyl (C=O) groups excluding carboxylic acids is 3. The van der Waals surface area contributed by atoms with E-state index in [4.69, 9.17) is 5.73 Å². The molecule has 0 heterocycles. The van der Waals surface area contributed by atoms with E-state index >= 15 is 0 Å². The molecule has 6 N–H and O–H groups in total. The Kier molecular flexibility index (Phi) is 6.88. The van der Waals surface area contributed by atoms with Crippen LogP contribution >= 0.6 is 0 Å². The van der Waals surface area contributed by atoms with Crippen molar-refractivity contribution in [2.24, 2.45) is 17.6 Å². The smallest absolute Gasteiger partial charge is 1.00 e. The van der Waals surface area contributed by atoms with Gasteiger partial charge in [0.25, 0.3) is 5.91 Å². The minimum atomic E-state index is -2.63. The molecule has 11 heteroatoms. The van der Waals surface area contributed by atoms with Crippen molar-refractivity contribution in [3.63, 3.8) is 0 Å². The van der Waals surface area contributed by atoms with E-state index in [0.29, 0.717) is 5.56 Å². The summed E-state index contributed by atoms with van der Waals surface area (Å²) < 4.78 is 0. The second-order valence-corrected chi connectivity index (χ2v) is 9.31. The van der Waals surface area contributed by atoms with Crippen LogP contribution in [0.3, 0.4) is 0 Å². The summed E-state index contributed by atoms with van der Waals surface area (Å²) >= 11 is 0. The Hall–Kier alpha value is -2.11. The minimum absolute atomic E-state index is 0. The van der Waals surface area contributed by atoms with Crippen LogP contribution in [0.15, 0.2) is 29.0 Å². The maximum atomic E-state index is 13.7. The van der Waals surface area contributed by atoms with Gasteiger partial charge in [-0.1, -0.05) is 0 Å². The number of aliphatic hydroxyl groups excluding tert-OH is 2. The molecule has 1 saturated carbocycles. The van der Waals surface area contributed by atoms with Crippen LogP contribution in [-0.4, -0.2) is 120 Å². The van der Waals surface area contributed by atoms with E-state index in [9.17, 15) is 34.8 Å². The molecule has 4 rings (SSSR count). The Balaban J connectivity index is 0.00000216. The molecule has 1 amide bonds. The molecule has 4 atom stereocenters. The second-order valence-electron chi connectivity index (χ2n) is 9.31. The van der Waals surface area contributed by atoms with Crippen molar-refractivity contribution in [2.75, 3.05) is 33.1 Å². The Morgan fingerprint density at radius 3 is 2.29 bits per heavy atom. The molecule has 0 radical (unpaired) electrons. The van der Waals surface area contributed by atoms with Crippen molar-refractivity contribution in [3.8, 4) is 5.75 Å². The van der Waals surface area contributed by atoms with Crippen LogP contribution in [0, 0.1) is 11.8 Å². The molecule has 0 unspecified atom stereocenters. The van der Waals surface area contributed by atoms with Crippen molar-refractivity contribution in [3.05, 3.63) is 40.2 Å². The fraction of sp³-hybridized carbons (Fsp3) is 0.435. The third-order valence-electron chi connectivity index (χ3n) is 7.06. The number of hydrogen-bond acceptors (Lipinski definition) is 9. The minimum Gasteiger partial charge on any atom is -1.00 e. The van der Waals surface area contributed by atoms with Gasteiger partial charge in [-0.25, -0.2) is 0 Å². The van der Waals surface area contributed by atoms with Crippen LogP contribution < -0.4 is 10.6 Å². The summed E-state index contributed by atoms with van der Waals surface area (Å²) in [6, 6.07) is 2.01. The van der Waals surface area contributed by atoms with Crippen LogP contribution in [-0.2, 0) is 20.8 Å². The topological polar surface area (TPSA) is 165 Å². The quantitative estimate of drug-likeness (QED) is 0.281. The van der Waals surface area contributed by atoms with Gasteiger partial charge in [0, 0.05) is 31.3 Å². The molecule has 0 saturated heterocycles. The van der Waals surface area contributed by atoms with Gasteiger partial charge in [-0.15, -0.1) is 0 Å². The van der Waals surface area contributed by atoms with Crippen molar-refractivity contribution >= 4 is 66.7 Å². The molecule has 1 fully saturated rings. The molecular weight excluding hydrogens is 470 g/mol. The van der Waals surface area contributed by atoms with Crippen molar-refractivity contribution < 1.29 is 37.7 Å². The molecule has 3 aliphatic carbocycles. The molecule has 1 aromatic rings. The van der Waals surface area contributed by atoms with Gasteiger partial charge in [-0.2, -0.15) is 0 Å². The predicted molar refractivity (Wildman–Crippen MR) is 127 cm³/mol. The number of likely N-dealkylation sites (N-methyl/N-ethyl adjacent to an activating group) is 1. The van der Waals surface area contributed by atoms with Crippen LogP contribution in [0.5, 0.6) is 5.75 Å². The van der Waals surface area contributed by atoms with Crippen molar-refractivity contribution in [1.82, 2.24) is 4.90 Å². The monoisotopic (exact) mass is 499 g/mol. The van der Waals surface area contributed by atoms with E-state index in [1.54, 1.807) is 20.2 Å². The third kappa shape index (κ3) is 3.46. The fourth-order valence-corrected chi connectivity index (χ4v) is 5.65. The SMILES string of the molecule is CN(C)c1ccc(O)c2c1C[C@H]1C[C@@H]3[C@H](N(C)C)C(=O)C(C(N)=O)=C(O)[C@@]3(O)C(=O)C1=C2O.[Ca+2].[H-].[H-]. The van der Waals surface area contributed by atoms with E-state index in [2.05, 4.69) is 0 Å². The summed E-state index contributed by atoms with van der Waals surface area (Å²) in [6.07, 6.45) is 0.324. The number of phenolic OH excluding ortho intramolecular Hbond substituents is 1. The zero-order chi connectivity index (χ0) is 24.6. The second kappa shape index (κ2) is 8.83. The number of phenols is 1. The first-order valence-corrected chi connectivity index (χ1v) is 10.5. The molecule has 34 heavy (non-hydrogen) atoms. The number of primary amides is 1. The predicted octanol–water partition coefficient (Wildman–Crippen LogP) is -0.126. The van der Waals surface area contributed by atoms with Crippen molar-refractivity contribution in [1.29, 1.82) is 0 Å². The van der Waals surface area contributed by atoms with E-state index in [0.717, 1.165) is 5.69 Å². The van der Waals surface area contributed by atoms with E-state index in [1.807, 2.05) is 19.0 Å². The van der Waals surface area contributed by atoms with Gasteiger partial charge in [0.15, 0.2) is 11.4 Å². The summed E-state index contributed by atoms with van der Waals surface area (Å²) in [6.45, 7) is 0. The number of carbonyl (C=O) groups is 3. The maximum absolute atomic E-state index is 13.7. The largest absolute Gasteiger partial charge is 2.00 e. The number of Topliss-reactive ketones (excluding diaryl/α,β-unsaturated/α-hetero) is 2. The average Bonchev–Trinajstić information content (AvgIpc) is 2.70. The molecule has 180 valence electrons. The van der Waals surface area contributed by atoms with Crippen LogP contribution in [0.25, 0.3) is 5.76 Å². The molecule has 1 aromatic carbocycles. The number of aromatic hydroxyl groups is 1. The van der Waals surface area contributed by atoms with Gasteiger partial charge < -0.3 is 33.9 Å². The number of amides is 1. The fourth-order valence-electron chi connectivity index (χ4n) is 5.65. The molecule has 0 spiro atoms. The van der Waals surface area contributed by atoms with Gasteiger partial charge >= 0.3 is 37.7 Å². The number of anilines is 1. The zero-order valence-corrected chi connectivity index (χ0v) is 21.7. The summed E-state index contributed by atoms with van der Waals surface area (Å²) in [5.74, 6) is -6.54. The van der Waals surface area contributed by atoms with E-state index < -0.39 is 58.0 Å². The Labute approximate surface area is 229 Å². The van der Waals surface area contributed by atoms with Gasteiger partial charge in [0.05, 0.1) is 11.6 Å². The van der Waals surface area contributed by atoms with Gasteiger partial charge in [0.2, 0.25) is 5.78 Å². The Bertz CT molecular complexity index is 1180. The van der Waals surface area contributed by atoms with Crippen LogP contribution in [0.1, 0.15) is 20.4 Å². The first-order valence-electron chi connectivity index (χ1n) is 10.5. The van der Waals surface area contributed by atoms with Crippen molar-refractivity contribution in [2.45, 2.75) is 24.5 Å². The van der Waals surface area contributed by atoms with E-state index in [-0.39, 0.29) is 70.3 Å². The zero-order valence-electron chi connectivity index (χ0n) is 21.5. The molecular formula is C23H29CaN3O7. The summed E-state index contributed by atoms with van der Waals surface area (Å²) in [5.41, 5.74) is 3.15. The Morgan fingerprint density at radius 2 is 1.76 bits per heavy atom. The van der Waals surface area contributed by atoms with Crippen LogP contribution in [0.4, 0.5) is 5.69 Å². The number of nitrogens with zero attached hydrogens (tertiary/aromatic N) is 2.